The molecule has 27 heavy (non-hydrogen) atoms. The molecule has 0 bridgehead atoms. The van der Waals surface area contributed by atoms with E-state index in [4.69, 9.17) is 0 Å². The number of amides is 2. The average molecular weight is 394 g/mol. The highest BCUT2D eigenvalue weighted by Crippen LogP contribution is 2.30. The first-order valence-corrected chi connectivity index (χ1v) is 9.97. The quantitative estimate of drug-likeness (QED) is 0.808. The van der Waals surface area contributed by atoms with Crippen molar-refractivity contribution in [2.24, 2.45) is 5.92 Å². The van der Waals surface area contributed by atoms with Gasteiger partial charge in [-0.2, -0.15) is 0 Å². The van der Waals surface area contributed by atoms with Gasteiger partial charge < -0.3 is 15.1 Å². The number of benzene rings is 1. The van der Waals surface area contributed by atoms with Crippen LogP contribution >= 0.6 is 12.4 Å². The number of carbonyl (C=O) groups excluding carboxylic acids is 2. The van der Waals surface area contributed by atoms with E-state index in [1.165, 1.54) is 0 Å². The lowest BCUT2D eigenvalue weighted by atomic mass is 10.0. The molecule has 3 rings (SSSR count). The zero-order chi connectivity index (χ0) is 18.5. The van der Waals surface area contributed by atoms with Crippen LogP contribution in [0, 0.1) is 5.92 Å². The van der Waals surface area contributed by atoms with Gasteiger partial charge in [0, 0.05) is 25.6 Å². The second-order valence-electron chi connectivity index (χ2n) is 7.55. The Balaban J connectivity index is 0.00000261. The van der Waals surface area contributed by atoms with Gasteiger partial charge in [0.2, 0.25) is 11.8 Å². The molecule has 1 N–H and O–H groups in total. The fraction of sp³-hybridized carbons (Fsp3) is 0.619. The number of halogens is 1. The number of nitrogens with zero attached hydrogens (tertiary/aromatic N) is 2. The molecule has 2 heterocycles. The van der Waals surface area contributed by atoms with Gasteiger partial charge in [-0.1, -0.05) is 37.3 Å². The molecule has 2 amide bonds. The minimum Gasteiger partial charge on any atom is -0.339 e. The van der Waals surface area contributed by atoms with Gasteiger partial charge in [0.05, 0.1) is 12.0 Å². The summed E-state index contributed by atoms with van der Waals surface area (Å²) in [6.07, 6.45) is 3.33. The van der Waals surface area contributed by atoms with Gasteiger partial charge >= 0.3 is 0 Å². The average Bonchev–Trinajstić information content (AvgIpc) is 3.08. The van der Waals surface area contributed by atoms with E-state index in [1.54, 1.807) is 0 Å². The van der Waals surface area contributed by atoms with Crippen LogP contribution < -0.4 is 5.32 Å². The molecule has 0 radical (unpaired) electrons. The molecule has 0 aromatic heterocycles. The molecule has 5 nitrogen and oxygen atoms in total. The largest absolute Gasteiger partial charge is 0.339 e. The number of carbonyl (C=O) groups is 2. The predicted octanol–water partition coefficient (Wildman–Crippen LogP) is 3.01. The molecular weight excluding hydrogens is 362 g/mol. The van der Waals surface area contributed by atoms with Crippen LogP contribution in [0.4, 0.5) is 0 Å². The Morgan fingerprint density at radius 2 is 1.93 bits per heavy atom. The lowest BCUT2D eigenvalue weighted by Crippen LogP contribution is -2.48. The third-order valence-corrected chi connectivity index (χ3v) is 5.75. The molecule has 2 unspecified atom stereocenters. The maximum Gasteiger partial charge on any atom is 0.228 e. The Kier molecular flexibility index (Phi) is 8.11. The van der Waals surface area contributed by atoms with Crippen molar-refractivity contribution in [1.29, 1.82) is 0 Å². The van der Waals surface area contributed by atoms with Crippen molar-refractivity contribution in [3.05, 3.63) is 35.9 Å². The van der Waals surface area contributed by atoms with Gasteiger partial charge in [0.1, 0.15) is 0 Å². The number of hydrogen-bond donors (Lipinski definition) is 1. The van der Waals surface area contributed by atoms with E-state index in [9.17, 15) is 9.59 Å². The summed E-state index contributed by atoms with van der Waals surface area (Å²) < 4.78 is 0. The van der Waals surface area contributed by atoms with Gasteiger partial charge in [-0.15, -0.1) is 12.4 Å². The van der Waals surface area contributed by atoms with Crippen LogP contribution in [0.15, 0.2) is 30.3 Å². The van der Waals surface area contributed by atoms with Crippen molar-refractivity contribution in [2.45, 2.75) is 51.6 Å². The molecule has 2 saturated heterocycles. The zero-order valence-electron chi connectivity index (χ0n) is 16.4. The maximum atomic E-state index is 13.2. The van der Waals surface area contributed by atoms with Crippen molar-refractivity contribution in [2.75, 3.05) is 26.2 Å². The van der Waals surface area contributed by atoms with E-state index < -0.39 is 0 Å². The second-order valence-corrected chi connectivity index (χ2v) is 7.55. The van der Waals surface area contributed by atoms with Gasteiger partial charge in [-0.25, -0.2) is 0 Å². The summed E-state index contributed by atoms with van der Waals surface area (Å²) in [6.45, 7) is 7.45. The molecule has 0 aliphatic carbocycles. The SMILES string of the molecule is CCCN(C(=O)C1CC(=O)N(C(C)c2ccccc2)C1)C1CCNCC1.Cl. The van der Waals surface area contributed by atoms with E-state index in [1.807, 2.05) is 35.2 Å². The Labute approximate surface area is 168 Å². The van der Waals surface area contributed by atoms with Crippen molar-refractivity contribution in [1.82, 2.24) is 15.1 Å². The monoisotopic (exact) mass is 393 g/mol. The van der Waals surface area contributed by atoms with E-state index in [-0.39, 0.29) is 36.2 Å². The molecule has 6 heteroatoms. The summed E-state index contributed by atoms with van der Waals surface area (Å²) in [5.74, 6) is 0.0754. The molecule has 0 saturated carbocycles. The Hall–Kier alpha value is -1.59. The fourth-order valence-corrected chi connectivity index (χ4v) is 4.25. The van der Waals surface area contributed by atoms with Crippen LogP contribution in [0.1, 0.15) is 51.1 Å². The predicted molar refractivity (Wildman–Crippen MR) is 110 cm³/mol. The topological polar surface area (TPSA) is 52.7 Å². The molecule has 1 aromatic carbocycles. The van der Waals surface area contributed by atoms with Gasteiger partial charge in [-0.3, -0.25) is 9.59 Å². The second kappa shape index (κ2) is 10.1. The standard InChI is InChI=1S/C21H31N3O2.ClH/c1-3-13-23(19-9-11-22-12-10-19)21(26)18-14-20(25)24(15-18)16(2)17-7-5-4-6-8-17;/h4-8,16,18-19,22H,3,9-15H2,1-2H3;1H. The molecule has 150 valence electrons. The first kappa shape index (κ1) is 21.7. The number of nitrogens with one attached hydrogen (secondary N) is 1. The van der Waals surface area contributed by atoms with Crippen molar-refractivity contribution in [3.63, 3.8) is 0 Å². The Morgan fingerprint density at radius 1 is 1.26 bits per heavy atom. The minimum absolute atomic E-state index is 0. The lowest BCUT2D eigenvalue weighted by molar-refractivity contribution is -0.138. The normalized spacial score (nSPS) is 21.6. The highest BCUT2D eigenvalue weighted by atomic mass is 35.5. The Bertz CT molecular complexity index is 619. The van der Waals surface area contributed by atoms with Crippen LogP contribution in [0.2, 0.25) is 0 Å². The van der Waals surface area contributed by atoms with Crippen LogP contribution in [-0.2, 0) is 9.59 Å². The van der Waals surface area contributed by atoms with E-state index in [0.29, 0.717) is 19.0 Å². The molecule has 0 spiro atoms. The number of hydrogen-bond acceptors (Lipinski definition) is 3. The van der Waals surface area contributed by atoms with E-state index in [2.05, 4.69) is 24.1 Å². The van der Waals surface area contributed by atoms with Crippen molar-refractivity contribution >= 4 is 24.2 Å². The minimum atomic E-state index is -0.199. The third-order valence-electron chi connectivity index (χ3n) is 5.75. The number of piperidine rings is 1. The van der Waals surface area contributed by atoms with Crippen LogP contribution in [-0.4, -0.2) is 53.8 Å². The summed E-state index contributed by atoms with van der Waals surface area (Å²) in [7, 11) is 0. The molecule has 2 atom stereocenters. The first-order valence-electron chi connectivity index (χ1n) is 9.97. The first-order chi connectivity index (χ1) is 12.6. The smallest absolute Gasteiger partial charge is 0.228 e. The van der Waals surface area contributed by atoms with E-state index in [0.717, 1.165) is 44.5 Å². The highest BCUT2D eigenvalue weighted by Gasteiger charge is 2.40. The fourth-order valence-electron chi connectivity index (χ4n) is 4.25. The molecular formula is C21H32ClN3O2. The van der Waals surface area contributed by atoms with Crippen LogP contribution in [0.5, 0.6) is 0 Å². The summed E-state index contributed by atoms with van der Waals surface area (Å²) in [5.41, 5.74) is 1.12. The molecule has 1 aromatic rings. The van der Waals surface area contributed by atoms with Crippen LogP contribution in [0.3, 0.4) is 0 Å². The van der Waals surface area contributed by atoms with Crippen molar-refractivity contribution in [3.8, 4) is 0 Å². The van der Waals surface area contributed by atoms with E-state index >= 15 is 0 Å². The summed E-state index contributed by atoms with van der Waals surface area (Å²) >= 11 is 0. The highest BCUT2D eigenvalue weighted by molar-refractivity contribution is 5.89. The molecule has 2 fully saturated rings. The maximum absolute atomic E-state index is 13.2. The summed E-state index contributed by atoms with van der Waals surface area (Å²) in [4.78, 5) is 29.8. The zero-order valence-corrected chi connectivity index (χ0v) is 17.2. The number of likely N-dealkylation sites (tertiary alicyclic amines) is 1. The van der Waals surface area contributed by atoms with Crippen molar-refractivity contribution < 1.29 is 9.59 Å². The molecule has 2 aliphatic rings. The lowest BCUT2D eigenvalue weighted by Gasteiger charge is -2.36. The Morgan fingerprint density at radius 3 is 2.56 bits per heavy atom. The van der Waals surface area contributed by atoms with Gasteiger partial charge in [0.25, 0.3) is 0 Å². The summed E-state index contributed by atoms with van der Waals surface area (Å²) in [5, 5.41) is 3.37. The van der Waals surface area contributed by atoms with Gasteiger partial charge in [0.15, 0.2) is 0 Å². The summed E-state index contributed by atoms with van der Waals surface area (Å²) in [6, 6.07) is 10.4. The van der Waals surface area contributed by atoms with Gasteiger partial charge in [-0.05, 0) is 44.8 Å². The molecule has 2 aliphatic heterocycles. The van der Waals surface area contributed by atoms with Crippen LogP contribution in [0.25, 0.3) is 0 Å². The number of rotatable bonds is 6. The third kappa shape index (κ3) is 5.02.